The van der Waals surface area contributed by atoms with Crippen molar-refractivity contribution >= 4 is 11.6 Å². The van der Waals surface area contributed by atoms with Crippen molar-refractivity contribution in [1.29, 1.82) is 0 Å². The fraction of sp³-hybridized carbons (Fsp3) is 0.500. The van der Waals surface area contributed by atoms with E-state index in [0.717, 1.165) is 12.8 Å². The molecule has 0 radical (unpaired) electrons. The minimum absolute atomic E-state index is 0.139. The van der Waals surface area contributed by atoms with Crippen molar-refractivity contribution in [3.8, 4) is 0 Å². The third-order valence-corrected chi connectivity index (χ3v) is 3.50. The quantitative estimate of drug-likeness (QED) is 0.738. The smallest absolute Gasteiger partial charge is 0.133 e. The largest absolute Gasteiger partial charge is 0.381 e. The molecule has 1 saturated heterocycles. The molecule has 0 N–H and O–H groups in total. The van der Waals surface area contributed by atoms with Crippen LogP contribution in [0.4, 0.5) is 13.2 Å². The van der Waals surface area contributed by atoms with E-state index in [1.807, 2.05) is 0 Å². The number of ether oxygens (including phenoxy) is 1. The van der Waals surface area contributed by atoms with Gasteiger partial charge in [-0.2, -0.15) is 0 Å². The Morgan fingerprint density at radius 2 is 1.88 bits per heavy atom. The van der Waals surface area contributed by atoms with Gasteiger partial charge in [-0.15, -0.1) is 11.6 Å². The molecule has 0 aromatic heterocycles. The van der Waals surface area contributed by atoms with Crippen LogP contribution < -0.4 is 0 Å². The van der Waals surface area contributed by atoms with Crippen LogP contribution in [0.3, 0.4) is 0 Å². The average Bonchev–Trinajstić information content (AvgIpc) is 2.28. The van der Waals surface area contributed by atoms with Crippen molar-refractivity contribution in [1.82, 2.24) is 0 Å². The SMILES string of the molecule is Fc1cc(F)c(C(Cl)C2CCCOC2)c(F)c1. The molecular formula is C12H12ClF3O. The molecule has 2 atom stereocenters. The summed E-state index contributed by atoms with van der Waals surface area (Å²) in [6.07, 6.45) is 1.57. The highest BCUT2D eigenvalue weighted by molar-refractivity contribution is 6.21. The van der Waals surface area contributed by atoms with Crippen LogP contribution in [0.15, 0.2) is 12.1 Å². The molecule has 0 bridgehead atoms. The van der Waals surface area contributed by atoms with Gasteiger partial charge < -0.3 is 4.74 Å². The molecule has 5 heteroatoms. The molecule has 0 amide bonds. The maximum absolute atomic E-state index is 13.5. The minimum Gasteiger partial charge on any atom is -0.381 e. The average molecular weight is 265 g/mol. The number of halogens is 4. The first-order valence-electron chi connectivity index (χ1n) is 5.46. The van der Waals surface area contributed by atoms with Gasteiger partial charge in [0.2, 0.25) is 0 Å². The van der Waals surface area contributed by atoms with Crippen LogP contribution in [0.5, 0.6) is 0 Å². The Morgan fingerprint density at radius 1 is 1.24 bits per heavy atom. The standard InChI is InChI=1S/C12H12ClF3O/c13-12(7-2-1-3-17-6-7)11-9(15)4-8(14)5-10(11)16/h4-5,7,12H,1-3,6H2. The molecule has 94 valence electrons. The van der Waals surface area contributed by atoms with E-state index in [2.05, 4.69) is 0 Å². The summed E-state index contributed by atoms with van der Waals surface area (Å²) < 4.78 is 45.0. The summed E-state index contributed by atoms with van der Waals surface area (Å²) in [5.74, 6) is -2.95. The first kappa shape index (κ1) is 12.7. The van der Waals surface area contributed by atoms with Crippen molar-refractivity contribution < 1.29 is 17.9 Å². The van der Waals surface area contributed by atoms with Crippen LogP contribution in [0.2, 0.25) is 0 Å². The van der Waals surface area contributed by atoms with E-state index in [1.165, 1.54) is 0 Å². The van der Waals surface area contributed by atoms with E-state index in [-0.39, 0.29) is 11.5 Å². The van der Waals surface area contributed by atoms with Crippen molar-refractivity contribution in [3.05, 3.63) is 35.1 Å². The Balaban J connectivity index is 2.26. The maximum atomic E-state index is 13.5. The van der Waals surface area contributed by atoms with Crippen molar-refractivity contribution in [2.45, 2.75) is 18.2 Å². The molecule has 0 spiro atoms. The second-order valence-corrected chi connectivity index (χ2v) is 4.63. The normalized spacial score (nSPS) is 22.5. The van der Waals surface area contributed by atoms with Gasteiger partial charge in [0.25, 0.3) is 0 Å². The van der Waals surface area contributed by atoms with Crippen molar-refractivity contribution in [2.75, 3.05) is 13.2 Å². The Labute approximate surface area is 103 Å². The van der Waals surface area contributed by atoms with E-state index >= 15 is 0 Å². The van der Waals surface area contributed by atoms with Gasteiger partial charge in [-0.05, 0) is 12.8 Å². The molecule has 1 fully saturated rings. The molecule has 1 heterocycles. The van der Waals surface area contributed by atoms with Gasteiger partial charge in [0.15, 0.2) is 0 Å². The molecule has 17 heavy (non-hydrogen) atoms. The topological polar surface area (TPSA) is 9.23 Å². The summed E-state index contributed by atoms with van der Waals surface area (Å²) in [6.45, 7) is 1.03. The highest BCUT2D eigenvalue weighted by Gasteiger charge is 2.28. The number of alkyl halides is 1. The predicted molar refractivity (Wildman–Crippen MR) is 58.5 cm³/mol. The summed E-state index contributed by atoms with van der Waals surface area (Å²) in [5, 5.41) is -0.823. The first-order valence-corrected chi connectivity index (χ1v) is 5.89. The van der Waals surface area contributed by atoms with Crippen LogP contribution in [-0.2, 0) is 4.74 Å². The van der Waals surface area contributed by atoms with Crippen LogP contribution in [0.25, 0.3) is 0 Å². The number of hydrogen-bond donors (Lipinski definition) is 0. The Hall–Kier alpha value is -0.740. The minimum atomic E-state index is -0.937. The molecule has 0 aliphatic carbocycles. The lowest BCUT2D eigenvalue weighted by Gasteiger charge is -2.26. The van der Waals surface area contributed by atoms with Crippen LogP contribution in [0.1, 0.15) is 23.8 Å². The number of rotatable bonds is 2. The van der Waals surface area contributed by atoms with Gasteiger partial charge in [-0.1, -0.05) is 0 Å². The second-order valence-electron chi connectivity index (χ2n) is 4.16. The molecular weight excluding hydrogens is 253 g/mol. The van der Waals surface area contributed by atoms with Gasteiger partial charge in [0, 0.05) is 30.2 Å². The van der Waals surface area contributed by atoms with Gasteiger partial charge in [0.1, 0.15) is 17.5 Å². The lowest BCUT2D eigenvalue weighted by atomic mass is 9.93. The van der Waals surface area contributed by atoms with Gasteiger partial charge >= 0.3 is 0 Å². The molecule has 0 saturated carbocycles. The van der Waals surface area contributed by atoms with E-state index in [1.54, 1.807) is 0 Å². The van der Waals surface area contributed by atoms with Gasteiger partial charge in [-0.25, -0.2) is 13.2 Å². The fourth-order valence-electron chi connectivity index (χ4n) is 2.05. The Kier molecular flexibility index (Phi) is 3.94. The summed E-state index contributed by atoms with van der Waals surface area (Å²) >= 11 is 6.07. The zero-order chi connectivity index (χ0) is 12.4. The van der Waals surface area contributed by atoms with E-state index in [0.29, 0.717) is 25.3 Å². The number of benzene rings is 1. The summed E-state index contributed by atoms with van der Waals surface area (Å²) in [7, 11) is 0. The molecule has 2 unspecified atom stereocenters. The molecule has 1 aliphatic heterocycles. The fourth-order valence-corrected chi connectivity index (χ4v) is 2.46. The molecule has 1 aromatic rings. The van der Waals surface area contributed by atoms with Gasteiger partial charge in [-0.3, -0.25) is 0 Å². The van der Waals surface area contributed by atoms with Crippen LogP contribution in [-0.4, -0.2) is 13.2 Å². The van der Waals surface area contributed by atoms with Crippen LogP contribution >= 0.6 is 11.6 Å². The lowest BCUT2D eigenvalue weighted by Crippen LogP contribution is -2.22. The van der Waals surface area contributed by atoms with Crippen molar-refractivity contribution in [2.24, 2.45) is 5.92 Å². The Morgan fingerprint density at radius 3 is 2.41 bits per heavy atom. The predicted octanol–water partition coefficient (Wildman–Crippen LogP) is 3.81. The zero-order valence-electron chi connectivity index (χ0n) is 9.06. The van der Waals surface area contributed by atoms with E-state index < -0.39 is 22.8 Å². The molecule has 1 aromatic carbocycles. The lowest BCUT2D eigenvalue weighted by molar-refractivity contribution is 0.0525. The third kappa shape index (κ3) is 2.75. The molecule has 1 nitrogen and oxygen atoms in total. The van der Waals surface area contributed by atoms with Gasteiger partial charge in [0.05, 0.1) is 12.0 Å². The maximum Gasteiger partial charge on any atom is 0.133 e. The first-order chi connectivity index (χ1) is 8.09. The Bertz CT molecular complexity index is 382. The second kappa shape index (κ2) is 5.27. The summed E-state index contributed by atoms with van der Waals surface area (Å²) in [6, 6.07) is 1.30. The zero-order valence-corrected chi connectivity index (χ0v) is 9.81. The monoisotopic (exact) mass is 264 g/mol. The molecule has 1 aliphatic rings. The van der Waals surface area contributed by atoms with E-state index in [4.69, 9.17) is 16.3 Å². The van der Waals surface area contributed by atoms with Crippen molar-refractivity contribution in [3.63, 3.8) is 0 Å². The third-order valence-electron chi connectivity index (χ3n) is 2.93. The summed E-state index contributed by atoms with van der Waals surface area (Å²) in [4.78, 5) is 0. The summed E-state index contributed by atoms with van der Waals surface area (Å²) in [5.41, 5.74) is -0.261. The van der Waals surface area contributed by atoms with Crippen LogP contribution in [0, 0.1) is 23.4 Å². The highest BCUT2D eigenvalue weighted by atomic mass is 35.5. The van der Waals surface area contributed by atoms with E-state index in [9.17, 15) is 13.2 Å². The highest BCUT2D eigenvalue weighted by Crippen LogP contribution is 2.37. The molecule has 2 rings (SSSR count). The number of hydrogen-bond acceptors (Lipinski definition) is 1.